The van der Waals surface area contributed by atoms with E-state index in [0.29, 0.717) is 50.0 Å². The minimum atomic E-state index is -0.984. The van der Waals surface area contributed by atoms with Gasteiger partial charge in [-0.15, -0.1) is 0 Å². The van der Waals surface area contributed by atoms with Gasteiger partial charge < -0.3 is 14.5 Å². The molecule has 5 rings (SSSR count). The van der Waals surface area contributed by atoms with E-state index < -0.39 is 29.5 Å². The van der Waals surface area contributed by atoms with Gasteiger partial charge in [-0.2, -0.15) is 0 Å². The number of benzene rings is 1. The van der Waals surface area contributed by atoms with Crippen molar-refractivity contribution in [2.75, 3.05) is 13.1 Å². The summed E-state index contributed by atoms with van der Waals surface area (Å²) < 4.78 is 33.8. The quantitative estimate of drug-likeness (QED) is 0.714. The van der Waals surface area contributed by atoms with Crippen LogP contribution < -0.4 is 0 Å². The van der Waals surface area contributed by atoms with Crippen LogP contribution in [0.3, 0.4) is 0 Å². The van der Waals surface area contributed by atoms with Crippen LogP contribution in [0.2, 0.25) is 0 Å². The molecule has 1 aromatic carbocycles. The fourth-order valence-electron chi connectivity index (χ4n) is 5.12. The second-order valence-electron chi connectivity index (χ2n) is 8.97. The molecule has 0 saturated carbocycles. The Kier molecular flexibility index (Phi) is 5.00. The van der Waals surface area contributed by atoms with Crippen molar-refractivity contribution in [2.24, 2.45) is 0 Å². The maximum absolute atomic E-state index is 13.8. The second-order valence-corrected chi connectivity index (χ2v) is 8.97. The van der Waals surface area contributed by atoms with Crippen molar-refractivity contribution in [1.82, 2.24) is 14.8 Å². The Morgan fingerprint density at radius 3 is 2.44 bits per heavy atom. The van der Waals surface area contributed by atoms with Gasteiger partial charge in [0, 0.05) is 37.7 Å². The molecule has 2 amide bonds. The number of amides is 2. The average molecular weight is 441 g/mol. The first kappa shape index (κ1) is 21.0. The van der Waals surface area contributed by atoms with Crippen molar-refractivity contribution in [3.8, 4) is 0 Å². The predicted molar refractivity (Wildman–Crippen MR) is 112 cm³/mol. The molecule has 2 atom stereocenters. The van der Waals surface area contributed by atoms with E-state index in [4.69, 9.17) is 4.74 Å². The van der Waals surface area contributed by atoms with Crippen molar-refractivity contribution >= 4 is 11.8 Å². The average Bonchev–Trinajstić information content (AvgIpc) is 3.28. The molecule has 0 aliphatic carbocycles. The molecule has 0 radical (unpaired) electrons. The van der Waals surface area contributed by atoms with Gasteiger partial charge in [-0.3, -0.25) is 9.59 Å². The molecular weight excluding hydrogens is 416 g/mol. The number of likely N-dealkylation sites (tertiary alicyclic amines) is 1. The second kappa shape index (κ2) is 7.62. The molecule has 6 nitrogen and oxygen atoms in total. The predicted octanol–water partition coefficient (Wildman–Crippen LogP) is 3.67. The summed E-state index contributed by atoms with van der Waals surface area (Å²) in [6.45, 7) is 4.59. The number of piperidine rings is 1. The lowest BCUT2D eigenvalue weighted by atomic mass is 9.89. The van der Waals surface area contributed by atoms with E-state index in [1.54, 1.807) is 15.9 Å². The summed E-state index contributed by atoms with van der Waals surface area (Å²) in [6.07, 6.45) is 1.59. The van der Waals surface area contributed by atoms with Gasteiger partial charge in [0.15, 0.2) is 5.60 Å². The van der Waals surface area contributed by atoms with Crippen LogP contribution in [0.5, 0.6) is 0 Å². The minimum absolute atomic E-state index is 0.147. The summed E-state index contributed by atoms with van der Waals surface area (Å²) in [5.41, 5.74) is 1.71. The van der Waals surface area contributed by atoms with E-state index in [1.807, 2.05) is 19.9 Å². The van der Waals surface area contributed by atoms with E-state index >= 15 is 0 Å². The van der Waals surface area contributed by atoms with Gasteiger partial charge in [0.05, 0.1) is 6.04 Å². The highest BCUT2D eigenvalue weighted by Gasteiger charge is 2.58. The monoisotopic (exact) mass is 441 g/mol. The number of ether oxygens (including phenoxy) is 1. The number of rotatable bonds is 2. The maximum Gasteiger partial charge on any atom is 0.272 e. The van der Waals surface area contributed by atoms with E-state index in [2.05, 4.69) is 4.98 Å². The molecule has 3 aliphatic heterocycles. The largest absolute Gasteiger partial charge is 0.342 e. The van der Waals surface area contributed by atoms with Gasteiger partial charge in [0.2, 0.25) is 0 Å². The standard InChI is InChI=1S/C24H25F2N3O3/c1-14-3-4-19(27-15(14)2)22(30)28-9-7-24(8-10-28)23(31)29-20(5-6-21(29)32-24)16-11-17(25)13-18(26)12-16/h3-4,11-13,20-21H,5-10H2,1-2H3. The van der Waals surface area contributed by atoms with Crippen molar-refractivity contribution in [1.29, 1.82) is 0 Å². The number of pyridine rings is 1. The lowest BCUT2D eigenvalue weighted by Gasteiger charge is -2.37. The number of halogens is 2. The molecule has 0 N–H and O–H groups in total. The molecule has 0 bridgehead atoms. The topological polar surface area (TPSA) is 62.7 Å². The number of fused-ring (bicyclic) bond motifs is 1. The van der Waals surface area contributed by atoms with Crippen molar-refractivity contribution in [3.05, 3.63) is 64.5 Å². The van der Waals surface area contributed by atoms with E-state index in [1.165, 1.54) is 12.1 Å². The molecule has 3 fully saturated rings. The van der Waals surface area contributed by atoms with Crippen LogP contribution in [0.1, 0.15) is 59.0 Å². The lowest BCUT2D eigenvalue weighted by Crippen LogP contribution is -2.51. The van der Waals surface area contributed by atoms with Crippen molar-refractivity contribution in [3.63, 3.8) is 0 Å². The summed E-state index contributed by atoms with van der Waals surface area (Å²) in [5.74, 6) is -1.61. The fourth-order valence-corrected chi connectivity index (χ4v) is 5.12. The number of carbonyl (C=O) groups excluding carboxylic acids is 2. The van der Waals surface area contributed by atoms with Crippen LogP contribution in [0.15, 0.2) is 30.3 Å². The summed E-state index contributed by atoms with van der Waals surface area (Å²) in [6, 6.07) is 6.60. The summed E-state index contributed by atoms with van der Waals surface area (Å²) in [7, 11) is 0. The van der Waals surface area contributed by atoms with E-state index in [-0.39, 0.29) is 11.8 Å². The molecule has 2 aromatic rings. The lowest BCUT2D eigenvalue weighted by molar-refractivity contribution is -0.142. The highest BCUT2D eigenvalue weighted by atomic mass is 19.1. The van der Waals surface area contributed by atoms with Gasteiger partial charge in [0.1, 0.15) is 23.6 Å². The van der Waals surface area contributed by atoms with Crippen LogP contribution >= 0.6 is 0 Å². The number of aromatic nitrogens is 1. The van der Waals surface area contributed by atoms with Crippen LogP contribution in [-0.2, 0) is 9.53 Å². The third-order valence-corrected chi connectivity index (χ3v) is 7.02. The smallest absolute Gasteiger partial charge is 0.272 e. The van der Waals surface area contributed by atoms with Gasteiger partial charge in [-0.05, 0) is 56.0 Å². The maximum atomic E-state index is 13.8. The number of hydrogen-bond donors (Lipinski definition) is 0. The number of aryl methyl sites for hydroxylation is 2. The van der Waals surface area contributed by atoms with Crippen LogP contribution in [-0.4, -0.2) is 51.5 Å². The molecule has 168 valence electrons. The first-order valence-corrected chi connectivity index (χ1v) is 11.0. The SMILES string of the molecule is Cc1ccc(C(=O)N2CCC3(CC2)OC2CCC(c4cc(F)cc(F)c4)N2C3=O)nc1C. The molecule has 8 heteroatoms. The number of carbonyl (C=O) groups is 2. The highest BCUT2D eigenvalue weighted by molar-refractivity contribution is 5.93. The van der Waals surface area contributed by atoms with Crippen LogP contribution in [0.25, 0.3) is 0 Å². The molecule has 1 aromatic heterocycles. The zero-order valence-corrected chi connectivity index (χ0v) is 18.1. The molecule has 4 heterocycles. The number of hydrogen-bond acceptors (Lipinski definition) is 4. The Bertz CT molecular complexity index is 1080. The summed E-state index contributed by atoms with van der Waals surface area (Å²) >= 11 is 0. The van der Waals surface area contributed by atoms with Gasteiger partial charge >= 0.3 is 0 Å². The van der Waals surface area contributed by atoms with Gasteiger partial charge in [-0.25, -0.2) is 13.8 Å². The Morgan fingerprint density at radius 1 is 1.09 bits per heavy atom. The Hall–Kier alpha value is -2.87. The van der Waals surface area contributed by atoms with Crippen molar-refractivity contribution < 1.29 is 23.1 Å². The highest BCUT2D eigenvalue weighted by Crippen LogP contribution is 2.47. The zero-order chi connectivity index (χ0) is 22.6. The summed E-state index contributed by atoms with van der Waals surface area (Å²) in [4.78, 5) is 34.1. The van der Waals surface area contributed by atoms with Gasteiger partial charge in [-0.1, -0.05) is 6.07 Å². The molecule has 3 saturated heterocycles. The molecular formula is C24H25F2N3O3. The van der Waals surface area contributed by atoms with E-state index in [0.717, 1.165) is 17.3 Å². The molecule has 1 spiro atoms. The Labute approximate surface area is 185 Å². The van der Waals surface area contributed by atoms with Crippen molar-refractivity contribution in [2.45, 2.75) is 57.4 Å². The van der Waals surface area contributed by atoms with Crippen LogP contribution in [0, 0.1) is 25.5 Å². The molecule has 3 aliphatic rings. The van der Waals surface area contributed by atoms with Gasteiger partial charge in [0.25, 0.3) is 11.8 Å². The fraction of sp³-hybridized carbons (Fsp3) is 0.458. The number of nitrogens with zero attached hydrogens (tertiary/aromatic N) is 3. The summed E-state index contributed by atoms with van der Waals surface area (Å²) in [5, 5.41) is 0. The van der Waals surface area contributed by atoms with E-state index in [9.17, 15) is 18.4 Å². The molecule has 2 unspecified atom stereocenters. The third kappa shape index (κ3) is 3.37. The zero-order valence-electron chi connectivity index (χ0n) is 18.1. The Morgan fingerprint density at radius 2 is 1.78 bits per heavy atom. The normalized spacial score (nSPS) is 24.3. The first-order valence-electron chi connectivity index (χ1n) is 11.0. The Balaban J connectivity index is 1.31. The first-order chi connectivity index (χ1) is 15.3. The minimum Gasteiger partial charge on any atom is -0.342 e. The third-order valence-electron chi connectivity index (χ3n) is 7.02. The molecule has 32 heavy (non-hydrogen) atoms. The van der Waals surface area contributed by atoms with Crippen LogP contribution in [0.4, 0.5) is 8.78 Å².